The van der Waals surface area contributed by atoms with Crippen molar-refractivity contribution in [3.63, 3.8) is 0 Å². The summed E-state index contributed by atoms with van der Waals surface area (Å²) < 4.78 is 4.73. The van der Waals surface area contributed by atoms with Gasteiger partial charge in [0.2, 0.25) is 5.91 Å². The number of anilines is 1. The Morgan fingerprint density at radius 3 is 3.09 bits per heavy atom. The van der Waals surface area contributed by atoms with E-state index in [-0.39, 0.29) is 5.91 Å². The first-order chi connectivity index (χ1) is 5.38. The molecule has 2 heterocycles. The summed E-state index contributed by atoms with van der Waals surface area (Å²) in [4.78, 5) is 12.6. The Labute approximate surface area is 63.0 Å². The van der Waals surface area contributed by atoms with E-state index in [1.165, 1.54) is 6.20 Å². The molecule has 1 saturated heterocycles. The lowest BCUT2D eigenvalue weighted by molar-refractivity contribution is -0.117. The average molecular weight is 153 g/mol. The van der Waals surface area contributed by atoms with Crippen LogP contribution in [0, 0.1) is 0 Å². The molecule has 0 aliphatic carbocycles. The third-order valence-corrected chi connectivity index (χ3v) is 1.69. The van der Waals surface area contributed by atoms with E-state index in [0.29, 0.717) is 12.3 Å². The van der Waals surface area contributed by atoms with Crippen LogP contribution in [-0.4, -0.2) is 22.8 Å². The Morgan fingerprint density at radius 1 is 1.64 bits per heavy atom. The van der Waals surface area contributed by atoms with Gasteiger partial charge in [-0.3, -0.25) is 9.69 Å². The molecule has 0 aromatic carbocycles. The van der Waals surface area contributed by atoms with Crippen molar-refractivity contribution in [2.45, 2.75) is 12.8 Å². The van der Waals surface area contributed by atoms with Crippen LogP contribution >= 0.6 is 0 Å². The third-order valence-electron chi connectivity index (χ3n) is 1.69. The Balaban J connectivity index is 2.23. The zero-order valence-corrected chi connectivity index (χ0v) is 5.86. The Morgan fingerprint density at radius 2 is 2.55 bits per heavy atom. The van der Waals surface area contributed by atoms with Crippen LogP contribution in [0.3, 0.4) is 0 Å². The van der Waals surface area contributed by atoms with Gasteiger partial charge in [-0.1, -0.05) is 0 Å². The van der Waals surface area contributed by atoms with Crippen LogP contribution in [0.4, 0.5) is 5.88 Å². The van der Waals surface area contributed by atoms with E-state index in [2.05, 4.69) is 10.4 Å². The second-order valence-electron chi connectivity index (χ2n) is 2.40. The molecule has 0 saturated carbocycles. The predicted molar refractivity (Wildman–Crippen MR) is 35.9 cm³/mol. The summed E-state index contributed by atoms with van der Waals surface area (Å²) in [6.07, 6.45) is 2.93. The number of aromatic nitrogens is 2. The first kappa shape index (κ1) is 6.33. The monoisotopic (exact) mass is 153 g/mol. The van der Waals surface area contributed by atoms with Crippen molar-refractivity contribution < 1.29 is 9.32 Å². The number of carbonyl (C=O) groups excluding carboxylic acids is 1. The van der Waals surface area contributed by atoms with Crippen LogP contribution in [-0.2, 0) is 4.79 Å². The molecule has 11 heavy (non-hydrogen) atoms. The predicted octanol–water partition coefficient (Wildman–Crippen LogP) is 0.196. The van der Waals surface area contributed by atoms with Crippen molar-refractivity contribution in [1.29, 1.82) is 0 Å². The van der Waals surface area contributed by atoms with Crippen LogP contribution in [0.25, 0.3) is 0 Å². The van der Waals surface area contributed by atoms with E-state index in [4.69, 9.17) is 4.52 Å². The molecule has 0 radical (unpaired) electrons. The van der Waals surface area contributed by atoms with Crippen molar-refractivity contribution in [3.8, 4) is 0 Å². The molecular formula is C6H7N3O2. The summed E-state index contributed by atoms with van der Waals surface area (Å²) in [5.74, 6) is 0.538. The van der Waals surface area contributed by atoms with E-state index in [0.717, 1.165) is 13.0 Å². The number of hydrogen-bond donors (Lipinski definition) is 0. The van der Waals surface area contributed by atoms with E-state index < -0.39 is 0 Å². The van der Waals surface area contributed by atoms with Crippen molar-refractivity contribution >= 4 is 11.8 Å². The maximum Gasteiger partial charge on any atom is 0.254 e. The highest BCUT2D eigenvalue weighted by atomic mass is 16.5. The molecule has 1 fully saturated rings. The number of rotatable bonds is 1. The Kier molecular flexibility index (Phi) is 1.34. The van der Waals surface area contributed by atoms with Gasteiger partial charge >= 0.3 is 0 Å². The highest BCUT2D eigenvalue weighted by molar-refractivity contribution is 5.93. The molecule has 0 spiro atoms. The molecule has 1 aromatic rings. The fourth-order valence-corrected chi connectivity index (χ4v) is 1.16. The van der Waals surface area contributed by atoms with Gasteiger partial charge in [0.05, 0.1) is 0 Å². The molecule has 2 rings (SSSR count). The van der Waals surface area contributed by atoms with Crippen molar-refractivity contribution in [1.82, 2.24) is 10.4 Å². The van der Waals surface area contributed by atoms with Gasteiger partial charge in [0, 0.05) is 18.2 Å². The van der Waals surface area contributed by atoms with Crippen molar-refractivity contribution in [3.05, 3.63) is 6.20 Å². The van der Waals surface area contributed by atoms with Crippen LogP contribution < -0.4 is 4.90 Å². The molecule has 58 valence electrons. The maximum atomic E-state index is 11.1. The molecule has 1 aromatic heterocycles. The second kappa shape index (κ2) is 2.34. The van der Waals surface area contributed by atoms with Gasteiger partial charge in [-0.2, -0.15) is 0 Å². The molecule has 1 amide bonds. The molecule has 1 aliphatic rings. The lowest BCUT2D eigenvalue weighted by Gasteiger charge is -2.07. The van der Waals surface area contributed by atoms with Gasteiger partial charge in [-0.15, -0.1) is 5.10 Å². The van der Waals surface area contributed by atoms with Gasteiger partial charge < -0.3 is 4.52 Å². The van der Waals surface area contributed by atoms with E-state index in [9.17, 15) is 4.79 Å². The van der Waals surface area contributed by atoms with Gasteiger partial charge in [0.25, 0.3) is 5.88 Å². The van der Waals surface area contributed by atoms with Crippen LogP contribution in [0.5, 0.6) is 0 Å². The quantitative estimate of drug-likeness (QED) is 0.578. The van der Waals surface area contributed by atoms with Gasteiger partial charge in [0.15, 0.2) is 0 Å². The average Bonchev–Trinajstić information content (AvgIpc) is 2.55. The SMILES string of the molecule is O=C1CCCN1c1cnno1. The summed E-state index contributed by atoms with van der Waals surface area (Å²) >= 11 is 0. The summed E-state index contributed by atoms with van der Waals surface area (Å²) in [5.41, 5.74) is 0. The smallest absolute Gasteiger partial charge is 0.254 e. The highest BCUT2D eigenvalue weighted by Crippen LogP contribution is 2.18. The normalized spacial score (nSPS) is 17.8. The zero-order chi connectivity index (χ0) is 7.68. The van der Waals surface area contributed by atoms with E-state index in [1.54, 1.807) is 4.90 Å². The van der Waals surface area contributed by atoms with Gasteiger partial charge in [-0.25, -0.2) is 0 Å². The van der Waals surface area contributed by atoms with Crippen molar-refractivity contribution in [2.75, 3.05) is 11.4 Å². The van der Waals surface area contributed by atoms with E-state index in [1.807, 2.05) is 0 Å². The summed E-state index contributed by atoms with van der Waals surface area (Å²) in [6.45, 7) is 0.718. The number of nitrogens with zero attached hydrogens (tertiary/aromatic N) is 3. The third kappa shape index (κ3) is 0.978. The van der Waals surface area contributed by atoms with Crippen LogP contribution in [0.2, 0.25) is 0 Å². The van der Waals surface area contributed by atoms with E-state index >= 15 is 0 Å². The minimum Gasteiger partial charge on any atom is -0.318 e. The Hall–Kier alpha value is -1.39. The molecule has 0 atom stereocenters. The topological polar surface area (TPSA) is 59.2 Å². The van der Waals surface area contributed by atoms with Gasteiger partial charge in [0.1, 0.15) is 6.20 Å². The van der Waals surface area contributed by atoms with Crippen LogP contribution in [0.15, 0.2) is 10.7 Å². The number of hydrogen-bond acceptors (Lipinski definition) is 4. The molecule has 0 N–H and O–H groups in total. The van der Waals surface area contributed by atoms with Gasteiger partial charge in [-0.05, 0) is 6.42 Å². The molecular weight excluding hydrogens is 146 g/mol. The fraction of sp³-hybridized carbons (Fsp3) is 0.500. The standard InChI is InChI=1S/C6H7N3O2/c10-5-2-1-3-9(5)6-4-7-8-11-6/h4H,1-3H2. The first-order valence-corrected chi connectivity index (χ1v) is 3.45. The highest BCUT2D eigenvalue weighted by Gasteiger charge is 2.24. The maximum absolute atomic E-state index is 11.1. The van der Waals surface area contributed by atoms with Crippen LogP contribution in [0.1, 0.15) is 12.8 Å². The minimum atomic E-state index is 0.0866. The molecule has 0 bridgehead atoms. The minimum absolute atomic E-state index is 0.0866. The fourth-order valence-electron chi connectivity index (χ4n) is 1.16. The summed E-state index contributed by atoms with van der Waals surface area (Å²) in [6, 6.07) is 0. The Bertz CT molecular complexity index is 257. The summed E-state index contributed by atoms with van der Waals surface area (Å²) in [5, 5.41) is 6.77. The molecule has 5 heteroatoms. The number of amides is 1. The number of carbonyl (C=O) groups is 1. The molecule has 1 aliphatic heterocycles. The largest absolute Gasteiger partial charge is 0.318 e. The summed E-state index contributed by atoms with van der Waals surface area (Å²) in [7, 11) is 0. The lowest BCUT2D eigenvalue weighted by atomic mass is 10.4. The van der Waals surface area contributed by atoms with Crippen molar-refractivity contribution in [2.24, 2.45) is 0 Å². The lowest BCUT2D eigenvalue weighted by Crippen LogP contribution is -2.22. The zero-order valence-electron chi connectivity index (χ0n) is 5.86. The molecule has 5 nitrogen and oxygen atoms in total. The second-order valence-corrected chi connectivity index (χ2v) is 2.40. The molecule has 0 unspecified atom stereocenters. The first-order valence-electron chi connectivity index (χ1n) is 3.45.